The van der Waals surface area contributed by atoms with E-state index in [0.717, 1.165) is 16.5 Å². The van der Waals surface area contributed by atoms with Crippen LogP contribution in [0.25, 0.3) is 0 Å². The first-order valence-electron chi connectivity index (χ1n) is 4.99. The third-order valence-electron chi connectivity index (χ3n) is 2.45. The molecule has 0 aliphatic heterocycles. The summed E-state index contributed by atoms with van der Waals surface area (Å²) in [7, 11) is 0. The minimum absolute atomic E-state index is 0.0135. The molecular formula is C11H11BrClN3S. The Morgan fingerprint density at radius 3 is 3.00 bits per heavy atom. The van der Waals surface area contributed by atoms with Gasteiger partial charge >= 0.3 is 0 Å². The first-order valence-corrected chi connectivity index (χ1v) is 7.05. The van der Waals surface area contributed by atoms with E-state index < -0.39 is 0 Å². The molecule has 1 atom stereocenters. The number of rotatable bonds is 4. The monoisotopic (exact) mass is 331 g/mol. The summed E-state index contributed by atoms with van der Waals surface area (Å²) in [6.45, 7) is 0. The van der Waals surface area contributed by atoms with Crippen molar-refractivity contribution < 1.29 is 0 Å². The van der Waals surface area contributed by atoms with Gasteiger partial charge in [-0.15, -0.1) is 11.3 Å². The Morgan fingerprint density at radius 1 is 1.53 bits per heavy atom. The molecule has 0 bridgehead atoms. The topological polar surface area (TPSA) is 50.9 Å². The standard InChI is InChI=1S/C11H11BrClN3S/c12-9-3-1-2-8(11(9)13)10(16-14)4-7-5-15-6-17-7/h1-3,5-6,10,16H,4,14H2. The van der Waals surface area contributed by atoms with E-state index in [1.807, 2.05) is 29.9 Å². The molecule has 0 saturated heterocycles. The fraction of sp³-hybridized carbons (Fsp3) is 0.182. The van der Waals surface area contributed by atoms with Gasteiger partial charge in [0.15, 0.2) is 0 Å². The molecular weight excluding hydrogens is 322 g/mol. The lowest BCUT2D eigenvalue weighted by molar-refractivity contribution is 0.555. The highest BCUT2D eigenvalue weighted by Gasteiger charge is 2.16. The van der Waals surface area contributed by atoms with Crippen LogP contribution < -0.4 is 11.3 Å². The fourth-order valence-electron chi connectivity index (χ4n) is 1.59. The van der Waals surface area contributed by atoms with Gasteiger partial charge in [0.1, 0.15) is 0 Å². The molecule has 2 rings (SSSR count). The van der Waals surface area contributed by atoms with E-state index in [1.54, 1.807) is 11.3 Å². The van der Waals surface area contributed by atoms with Crippen LogP contribution in [0.4, 0.5) is 0 Å². The van der Waals surface area contributed by atoms with Crippen LogP contribution in [0.15, 0.2) is 34.4 Å². The molecule has 3 N–H and O–H groups in total. The van der Waals surface area contributed by atoms with Gasteiger partial charge in [0.25, 0.3) is 0 Å². The molecule has 0 aliphatic rings. The molecule has 0 spiro atoms. The second kappa shape index (κ2) is 5.93. The lowest BCUT2D eigenvalue weighted by atomic mass is 10.0. The lowest BCUT2D eigenvalue weighted by Crippen LogP contribution is -2.29. The largest absolute Gasteiger partial charge is 0.271 e. The summed E-state index contributed by atoms with van der Waals surface area (Å²) in [4.78, 5) is 5.22. The molecule has 1 aromatic carbocycles. The number of aromatic nitrogens is 1. The summed E-state index contributed by atoms with van der Waals surface area (Å²) >= 11 is 11.3. The van der Waals surface area contributed by atoms with Gasteiger partial charge in [0.05, 0.1) is 16.6 Å². The predicted molar refractivity (Wildman–Crippen MR) is 75.0 cm³/mol. The molecule has 3 nitrogen and oxygen atoms in total. The van der Waals surface area contributed by atoms with Crippen LogP contribution in [0.5, 0.6) is 0 Å². The zero-order valence-electron chi connectivity index (χ0n) is 8.86. The summed E-state index contributed by atoms with van der Waals surface area (Å²) in [5.74, 6) is 5.60. The number of nitrogens with one attached hydrogen (secondary N) is 1. The maximum Gasteiger partial charge on any atom is 0.0794 e. The van der Waals surface area contributed by atoms with E-state index in [1.165, 1.54) is 4.88 Å². The van der Waals surface area contributed by atoms with Crippen molar-refractivity contribution in [3.05, 3.63) is 49.8 Å². The number of hydrogen-bond acceptors (Lipinski definition) is 4. The van der Waals surface area contributed by atoms with Gasteiger partial charge in [-0.1, -0.05) is 23.7 Å². The smallest absolute Gasteiger partial charge is 0.0794 e. The Balaban J connectivity index is 2.26. The predicted octanol–water partition coefficient (Wildman–Crippen LogP) is 3.31. The average Bonchev–Trinajstić information content (AvgIpc) is 2.83. The van der Waals surface area contributed by atoms with Gasteiger partial charge in [0.2, 0.25) is 0 Å². The van der Waals surface area contributed by atoms with Gasteiger partial charge in [-0.05, 0) is 27.6 Å². The summed E-state index contributed by atoms with van der Waals surface area (Å²) in [5, 5.41) is 0.694. The van der Waals surface area contributed by atoms with Crippen LogP contribution in [-0.2, 0) is 6.42 Å². The second-order valence-electron chi connectivity index (χ2n) is 3.53. The van der Waals surface area contributed by atoms with Gasteiger partial charge in [-0.25, -0.2) is 0 Å². The van der Waals surface area contributed by atoms with Crippen LogP contribution in [0.3, 0.4) is 0 Å². The molecule has 0 aliphatic carbocycles. The zero-order valence-corrected chi connectivity index (χ0v) is 12.0. The molecule has 1 unspecified atom stereocenters. The first-order chi connectivity index (χ1) is 8.22. The molecule has 0 amide bonds. The van der Waals surface area contributed by atoms with Crippen LogP contribution in [0, 0.1) is 0 Å². The first kappa shape index (κ1) is 13.0. The van der Waals surface area contributed by atoms with E-state index in [0.29, 0.717) is 5.02 Å². The van der Waals surface area contributed by atoms with Crippen molar-refractivity contribution in [3.8, 4) is 0 Å². The highest BCUT2D eigenvalue weighted by Crippen LogP contribution is 2.31. The van der Waals surface area contributed by atoms with Crippen molar-refractivity contribution in [2.75, 3.05) is 0 Å². The molecule has 6 heteroatoms. The third kappa shape index (κ3) is 3.05. The fourth-order valence-corrected chi connectivity index (χ4v) is 2.87. The Kier molecular flexibility index (Phi) is 4.53. The molecule has 0 fully saturated rings. The molecule has 2 aromatic rings. The zero-order chi connectivity index (χ0) is 12.3. The number of halogens is 2. The van der Waals surface area contributed by atoms with Gasteiger partial charge in [-0.3, -0.25) is 16.3 Å². The average molecular weight is 333 g/mol. The van der Waals surface area contributed by atoms with E-state index in [-0.39, 0.29) is 6.04 Å². The third-order valence-corrected chi connectivity index (χ3v) is 4.56. The summed E-state index contributed by atoms with van der Waals surface area (Å²) in [6, 6.07) is 5.81. The van der Waals surface area contributed by atoms with Crippen molar-refractivity contribution in [3.63, 3.8) is 0 Å². The maximum absolute atomic E-state index is 6.25. The summed E-state index contributed by atoms with van der Waals surface area (Å²) in [6.07, 6.45) is 2.62. The second-order valence-corrected chi connectivity index (χ2v) is 5.74. The Hall–Kier alpha value is -0.460. The van der Waals surface area contributed by atoms with E-state index in [9.17, 15) is 0 Å². The van der Waals surface area contributed by atoms with Crippen molar-refractivity contribution in [2.24, 2.45) is 5.84 Å². The number of nitrogens with two attached hydrogens (primary N) is 1. The molecule has 1 heterocycles. The summed E-state index contributed by atoms with van der Waals surface area (Å²) < 4.78 is 0.876. The quantitative estimate of drug-likeness (QED) is 0.667. The lowest BCUT2D eigenvalue weighted by Gasteiger charge is -2.17. The number of hydrazine groups is 1. The molecule has 90 valence electrons. The van der Waals surface area contributed by atoms with E-state index in [2.05, 4.69) is 26.3 Å². The highest BCUT2D eigenvalue weighted by molar-refractivity contribution is 9.10. The van der Waals surface area contributed by atoms with Crippen molar-refractivity contribution in [2.45, 2.75) is 12.5 Å². The number of hydrogen-bond donors (Lipinski definition) is 2. The molecule has 1 aromatic heterocycles. The minimum Gasteiger partial charge on any atom is -0.271 e. The molecule has 17 heavy (non-hydrogen) atoms. The Morgan fingerprint density at radius 2 is 2.35 bits per heavy atom. The van der Waals surface area contributed by atoms with E-state index >= 15 is 0 Å². The van der Waals surface area contributed by atoms with E-state index in [4.69, 9.17) is 17.4 Å². The number of benzene rings is 1. The Labute approximate surface area is 117 Å². The van der Waals surface area contributed by atoms with Crippen LogP contribution in [0.2, 0.25) is 5.02 Å². The normalized spacial score (nSPS) is 12.6. The van der Waals surface area contributed by atoms with Gasteiger partial charge in [0, 0.05) is 22.0 Å². The highest BCUT2D eigenvalue weighted by atomic mass is 79.9. The number of nitrogens with zero attached hydrogens (tertiary/aromatic N) is 1. The van der Waals surface area contributed by atoms with Gasteiger partial charge < -0.3 is 0 Å². The Bertz CT molecular complexity index is 489. The van der Waals surface area contributed by atoms with Crippen LogP contribution in [0.1, 0.15) is 16.5 Å². The summed E-state index contributed by atoms with van der Waals surface area (Å²) in [5.41, 5.74) is 5.59. The molecule has 0 radical (unpaired) electrons. The molecule has 0 saturated carbocycles. The SMILES string of the molecule is NNC(Cc1cncs1)c1cccc(Br)c1Cl. The van der Waals surface area contributed by atoms with Crippen molar-refractivity contribution in [1.29, 1.82) is 0 Å². The van der Waals surface area contributed by atoms with Gasteiger partial charge in [-0.2, -0.15) is 0 Å². The number of thiazole rings is 1. The van der Waals surface area contributed by atoms with Crippen LogP contribution in [-0.4, -0.2) is 4.98 Å². The maximum atomic E-state index is 6.25. The van der Waals surface area contributed by atoms with Crippen molar-refractivity contribution in [1.82, 2.24) is 10.4 Å². The van der Waals surface area contributed by atoms with Crippen molar-refractivity contribution >= 4 is 38.9 Å². The van der Waals surface area contributed by atoms with Crippen LogP contribution >= 0.6 is 38.9 Å². The minimum atomic E-state index is -0.0135.